The van der Waals surface area contributed by atoms with Gasteiger partial charge in [0.2, 0.25) is 5.91 Å². The lowest BCUT2D eigenvalue weighted by atomic mass is 10.1. The number of amides is 1. The maximum atomic E-state index is 12.8. The topological polar surface area (TPSA) is 103 Å². The van der Waals surface area contributed by atoms with Crippen molar-refractivity contribution in [1.82, 2.24) is 14.5 Å². The summed E-state index contributed by atoms with van der Waals surface area (Å²) in [4.78, 5) is 12.7. The number of benzene rings is 2. The molecule has 0 unspecified atom stereocenters. The van der Waals surface area contributed by atoms with Crippen LogP contribution >= 0.6 is 0 Å². The monoisotopic (exact) mass is 465 g/mol. The van der Waals surface area contributed by atoms with Crippen LogP contribution in [0.3, 0.4) is 0 Å². The van der Waals surface area contributed by atoms with E-state index >= 15 is 0 Å². The van der Waals surface area contributed by atoms with Crippen molar-refractivity contribution in [1.29, 1.82) is 0 Å². The summed E-state index contributed by atoms with van der Waals surface area (Å²) in [5.41, 5.74) is 2.75. The van der Waals surface area contributed by atoms with Crippen molar-refractivity contribution >= 4 is 15.9 Å². The third-order valence-corrected chi connectivity index (χ3v) is 6.54. The maximum Gasteiger partial charge on any atom is 0.267 e. The number of rotatable bonds is 7. The Bertz CT molecular complexity index is 1390. The number of sulfonamides is 1. The highest BCUT2D eigenvalue weighted by atomic mass is 32.2. The van der Waals surface area contributed by atoms with E-state index in [2.05, 4.69) is 9.82 Å². The molecule has 4 aromatic rings. The third kappa shape index (κ3) is 4.83. The molecule has 0 aliphatic rings. The van der Waals surface area contributed by atoms with Gasteiger partial charge >= 0.3 is 0 Å². The summed E-state index contributed by atoms with van der Waals surface area (Å²) < 4.78 is 39.7. The van der Waals surface area contributed by atoms with Crippen molar-refractivity contribution in [2.45, 2.75) is 25.2 Å². The van der Waals surface area contributed by atoms with Crippen LogP contribution in [-0.4, -0.2) is 31.2 Å². The molecule has 0 aliphatic carbocycles. The second-order valence-corrected chi connectivity index (χ2v) is 9.15. The molecule has 2 aromatic carbocycles. The van der Waals surface area contributed by atoms with Crippen LogP contribution in [-0.2, 0) is 21.2 Å². The molecule has 2 aromatic heterocycles. The number of aryl methyl sites for hydroxylation is 2. The highest BCUT2D eigenvalue weighted by molar-refractivity contribution is 7.90. The Morgan fingerprint density at radius 3 is 2.39 bits per heavy atom. The maximum absolute atomic E-state index is 12.8. The van der Waals surface area contributed by atoms with Crippen LogP contribution in [0.15, 0.2) is 76.2 Å². The fourth-order valence-electron chi connectivity index (χ4n) is 3.53. The number of ether oxygens (including phenoxy) is 1. The largest absolute Gasteiger partial charge is 0.497 e. The van der Waals surface area contributed by atoms with Crippen LogP contribution in [0.5, 0.6) is 5.75 Å². The van der Waals surface area contributed by atoms with Gasteiger partial charge < -0.3 is 9.15 Å². The molecule has 0 radical (unpaired) electrons. The normalized spacial score (nSPS) is 11.4. The molecule has 2 heterocycles. The zero-order valence-electron chi connectivity index (χ0n) is 18.4. The third-order valence-electron chi connectivity index (χ3n) is 5.06. The molecule has 0 saturated heterocycles. The van der Waals surface area contributed by atoms with Gasteiger partial charge in [-0.2, -0.15) is 5.10 Å². The minimum Gasteiger partial charge on any atom is -0.497 e. The molecule has 4 rings (SSSR count). The lowest BCUT2D eigenvalue weighted by Gasteiger charge is -2.07. The quantitative estimate of drug-likeness (QED) is 0.445. The molecule has 0 fully saturated rings. The van der Waals surface area contributed by atoms with Crippen LogP contribution in [0.2, 0.25) is 0 Å². The van der Waals surface area contributed by atoms with Crippen LogP contribution in [0, 0.1) is 13.8 Å². The van der Waals surface area contributed by atoms with E-state index in [1.807, 2.05) is 42.5 Å². The van der Waals surface area contributed by atoms with E-state index in [1.54, 1.807) is 37.0 Å². The van der Waals surface area contributed by atoms with Gasteiger partial charge in [0.1, 0.15) is 22.2 Å². The summed E-state index contributed by atoms with van der Waals surface area (Å²) in [6, 6.07) is 18.1. The first-order valence-electron chi connectivity index (χ1n) is 10.2. The van der Waals surface area contributed by atoms with Gasteiger partial charge in [0.25, 0.3) is 10.0 Å². The SMILES string of the molecule is COc1ccc(-c2nn(-c3ccccc3)cc2CC(=O)NS(=O)(=O)c2cc(C)oc2C)cc1. The van der Waals surface area contributed by atoms with Crippen molar-refractivity contribution in [3.63, 3.8) is 0 Å². The Labute approximate surface area is 191 Å². The van der Waals surface area contributed by atoms with Gasteiger partial charge in [0, 0.05) is 23.4 Å². The number of carbonyl (C=O) groups excluding carboxylic acids is 1. The fraction of sp³-hybridized carbons (Fsp3) is 0.167. The molecular formula is C24H23N3O5S. The fourth-order valence-corrected chi connectivity index (χ4v) is 4.76. The molecule has 8 nitrogen and oxygen atoms in total. The first kappa shape index (κ1) is 22.3. The number of nitrogens with one attached hydrogen (secondary N) is 1. The van der Waals surface area contributed by atoms with E-state index in [-0.39, 0.29) is 17.1 Å². The van der Waals surface area contributed by atoms with Gasteiger partial charge in [-0.1, -0.05) is 18.2 Å². The summed E-state index contributed by atoms with van der Waals surface area (Å²) in [7, 11) is -2.48. The molecule has 1 N–H and O–H groups in total. The number of nitrogens with zero attached hydrogens (tertiary/aromatic N) is 2. The summed E-state index contributed by atoms with van der Waals surface area (Å²) in [5.74, 6) is 0.697. The number of hydrogen-bond acceptors (Lipinski definition) is 6. The molecular weight excluding hydrogens is 442 g/mol. The van der Waals surface area contributed by atoms with Gasteiger partial charge in [-0.05, 0) is 50.2 Å². The molecule has 0 saturated carbocycles. The number of hydrogen-bond donors (Lipinski definition) is 1. The Morgan fingerprint density at radius 1 is 1.09 bits per heavy atom. The average Bonchev–Trinajstić information content (AvgIpc) is 3.37. The molecule has 0 bridgehead atoms. The number of para-hydroxylation sites is 1. The average molecular weight is 466 g/mol. The molecule has 9 heteroatoms. The molecule has 1 amide bonds. The smallest absolute Gasteiger partial charge is 0.267 e. The zero-order chi connectivity index (χ0) is 23.6. The minimum atomic E-state index is -4.06. The molecule has 170 valence electrons. The van der Waals surface area contributed by atoms with Crippen molar-refractivity contribution in [2.75, 3.05) is 7.11 Å². The van der Waals surface area contributed by atoms with Gasteiger partial charge in [-0.15, -0.1) is 0 Å². The van der Waals surface area contributed by atoms with Crippen LogP contribution in [0.1, 0.15) is 17.1 Å². The summed E-state index contributed by atoms with van der Waals surface area (Å²) in [5, 5.41) is 4.66. The molecule has 0 atom stereocenters. The first-order valence-corrected chi connectivity index (χ1v) is 11.7. The number of methoxy groups -OCH3 is 1. The summed E-state index contributed by atoms with van der Waals surface area (Å²) in [6.45, 7) is 3.19. The van der Waals surface area contributed by atoms with Crippen molar-refractivity contribution in [2.24, 2.45) is 0 Å². The van der Waals surface area contributed by atoms with Gasteiger partial charge in [0.05, 0.1) is 24.9 Å². The summed E-state index contributed by atoms with van der Waals surface area (Å²) in [6.07, 6.45) is 1.55. The van der Waals surface area contributed by atoms with Gasteiger partial charge in [-0.3, -0.25) is 4.79 Å². The lowest BCUT2D eigenvalue weighted by Crippen LogP contribution is -2.32. The van der Waals surface area contributed by atoms with E-state index in [0.29, 0.717) is 22.8 Å². The van der Waals surface area contributed by atoms with Gasteiger partial charge in [-0.25, -0.2) is 17.8 Å². The van der Waals surface area contributed by atoms with Crippen molar-refractivity contribution in [3.8, 4) is 22.7 Å². The van der Waals surface area contributed by atoms with E-state index in [0.717, 1.165) is 11.3 Å². The number of furan rings is 1. The molecule has 0 aliphatic heterocycles. The highest BCUT2D eigenvalue weighted by Gasteiger charge is 2.24. The number of aromatic nitrogens is 2. The van der Waals surface area contributed by atoms with E-state index in [4.69, 9.17) is 9.15 Å². The molecule has 0 spiro atoms. The Morgan fingerprint density at radius 2 is 1.79 bits per heavy atom. The first-order chi connectivity index (χ1) is 15.8. The van der Waals surface area contributed by atoms with E-state index in [9.17, 15) is 13.2 Å². The second-order valence-electron chi connectivity index (χ2n) is 7.49. The second kappa shape index (κ2) is 8.95. The van der Waals surface area contributed by atoms with E-state index < -0.39 is 15.9 Å². The highest BCUT2D eigenvalue weighted by Crippen LogP contribution is 2.26. The predicted molar refractivity (Wildman–Crippen MR) is 123 cm³/mol. The van der Waals surface area contributed by atoms with Crippen molar-refractivity contribution in [3.05, 3.63) is 83.9 Å². The van der Waals surface area contributed by atoms with Crippen LogP contribution < -0.4 is 9.46 Å². The van der Waals surface area contributed by atoms with Gasteiger partial charge in [0.15, 0.2) is 0 Å². The minimum absolute atomic E-state index is 0.0521. The Kier molecular flexibility index (Phi) is 6.06. The summed E-state index contributed by atoms with van der Waals surface area (Å²) >= 11 is 0. The van der Waals surface area contributed by atoms with Crippen LogP contribution in [0.25, 0.3) is 16.9 Å². The predicted octanol–water partition coefficient (Wildman–Crippen LogP) is 3.81. The Balaban J connectivity index is 1.66. The molecule has 33 heavy (non-hydrogen) atoms. The lowest BCUT2D eigenvalue weighted by molar-refractivity contribution is -0.118. The van der Waals surface area contributed by atoms with E-state index in [1.165, 1.54) is 13.0 Å². The number of carbonyl (C=O) groups is 1. The van der Waals surface area contributed by atoms with Crippen LogP contribution in [0.4, 0.5) is 0 Å². The zero-order valence-corrected chi connectivity index (χ0v) is 19.2. The Hall–Kier alpha value is -3.85. The standard InChI is InChI=1S/C24H23N3O5S/c1-16-13-22(17(2)32-16)33(29,30)26-23(28)14-19-15-27(20-7-5-4-6-8-20)25-24(19)18-9-11-21(31-3)12-10-18/h4-13,15H,14H2,1-3H3,(H,26,28). The van der Waals surface area contributed by atoms with Crippen molar-refractivity contribution < 1.29 is 22.4 Å².